The predicted octanol–water partition coefficient (Wildman–Crippen LogP) is 5.72. The van der Waals surface area contributed by atoms with E-state index in [0.717, 1.165) is 16.7 Å². The molecule has 5 rings (SSSR count). The summed E-state index contributed by atoms with van der Waals surface area (Å²) in [4.78, 5) is 13.4. The summed E-state index contributed by atoms with van der Waals surface area (Å²) in [5.41, 5.74) is 2.81. The molecule has 0 aliphatic heterocycles. The highest BCUT2D eigenvalue weighted by Gasteiger charge is 2.31. The molecule has 8 heteroatoms. The second-order valence-corrected chi connectivity index (χ2v) is 8.64. The monoisotopic (exact) mass is 475 g/mol. The highest BCUT2D eigenvalue weighted by atomic mass is 35.5. The van der Waals surface area contributed by atoms with E-state index in [-0.39, 0.29) is 5.91 Å². The van der Waals surface area contributed by atoms with Gasteiger partial charge in [-0.25, -0.2) is 4.52 Å². The summed E-state index contributed by atoms with van der Waals surface area (Å²) in [7, 11) is 0. The molecule has 0 atom stereocenters. The van der Waals surface area contributed by atoms with Gasteiger partial charge in [-0.05, 0) is 36.2 Å². The van der Waals surface area contributed by atoms with Gasteiger partial charge < -0.3 is 5.32 Å². The summed E-state index contributed by atoms with van der Waals surface area (Å²) in [6.07, 6.45) is 0. The Labute approximate surface area is 200 Å². The van der Waals surface area contributed by atoms with Crippen LogP contribution in [0.3, 0.4) is 0 Å². The van der Waals surface area contributed by atoms with Gasteiger partial charge >= 0.3 is 0 Å². The maximum absolute atomic E-state index is 13.4. The average Bonchev–Trinajstić information content (AvgIpc) is 3.43. The lowest BCUT2D eigenvalue weighted by molar-refractivity contribution is 0.0913. The van der Waals surface area contributed by atoms with E-state index < -0.39 is 5.54 Å². The number of nitrogens with zero attached hydrogens (tertiary/aromatic N) is 3. The molecule has 2 heterocycles. The second kappa shape index (κ2) is 8.39. The molecule has 0 spiro atoms. The molecule has 2 N–H and O–H groups in total. The molecule has 0 saturated heterocycles. The lowest BCUT2D eigenvalue weighted by Gasteiger charge is -2.32. The average molecular weight is 476 g/mol. The Morgan fingerprint density at radius 3 is 2.12 bits per heavy atom. The van der Waals surface area contributed by atoms with E-state index in [9.17, 15) is 4.79 Å². The van der Waals surface area contributed by atoms with Crippen LogP contribution in [0.15, 0.2) is 84.9 Å². The van der Waals surface area contributed by atoms with E-state index in [1.807, 2.05) is 67.6 Å². The highest BCUT2D eigenvalue weighted by Crippen LogP contribution is 2.30. The largest absolute Gasteiger partial charge is 0.337 e. The zero-order valence-electron chi connectivity index (χ0n) is 17.6. The van der Waals surface area contributed by atoms with Crippen LogP contribution < -0.4 is 5.32 Å². The second-order valence-electron chi connectivity index (χ2n) is 7.83. The van der Waals surface area contributed by atoms with Crippen molar-refractivity contribution in [2.45, 2.75) is 12.5 Å². The Balaban J connectivity index is 1.51. The number of amides is 1. The van der Waals surface area contributed by atoms with Crippen LogP contribution in [0.2, 0.25) is 10.0 Å². The molecule has 0 radical (unpaired) electrons. The molecule has 0 fully saturated rings. The summed E-state index contributed by atoms with van der Waals surface area (Å²) < 4.78 is 1.65. The third kappa shape index (κ3) is 3.88. The molecule has 1 amide bonds. The van der Waals surface area contributed by atoms with Gasteiger partial charge in [-0.1, -0.05) is 83.9 Å². The molecule has 3 aromatic carbocycles. The van der Waals surface area contributed by atoms with Gasteiger partial charge in [0.1, 0.15) is 5.69 Å². The van der Waals surface area contributed by atoms with Gasteiger partial charge in [-0.2, -0.15) is 0 Å². The van der Waals surface area contributed by atoms with Gasteiger partial charge in [0.15, 0.2) is 11.5 Å². The van der Waals surface area contributed by atoms with Crippen LogP contribution >= 0.6 is 23.2 Å². The molecule has 0 bridgehead atoms. The molecule has 0 aliphatic rings. The summed E-state index contributed by atoms with van der Waals surface area (Å²) in [5.74, 6) is 0.257. The minimum atomic E-state index is -0.739. The number of H-pyrrole nitrogens is 1. The van der Waals surface area contributed by atoms with E-state index >= 15 is 0 Å². The van der Waals surface area contributed by atoms with Crippen LogP contribution in [0.25, 0.3) is 17.0 Å². The van der Waals surface area contributed by atoms with Crippen molar-refractivity contribution in [3.05, 3.63) is 112 Å². The minimum absolute atomic E-state index is 0.268. The lowest BCUT2D eigenvalue weighted by Crippen LogP contribution is -2.44. The molecule has 0 saturated carbocycles. The first-order valence-electron chi connectivity index (χ1n) is 10.3. The number of nitrogens with one attached hydrogen (secondary N) is 2. The van der Waals surface area contributed by atoms with Gasteiger partial charge in [0.05, 0.1) is 15.6 Å². The number of carbonyl (C=O) groups is 1. The molecule has 33 heavy (non-hydrogen) atoms. The van der Waals surface area contributed by atoms with Crippen LogP contribution in [0.4, 0.5) is 0 Å². The first-order chi connectivity index (χ1) is 16.0. The summed E-state index contributed by atoms with van der Waals surface area (Å²) in [5, 5.41) is 15.6. The van der Waals surface area contributed by atoms with Crippen molar-refractivity contribution in [2.75, 3.05) is 0 Å². The van der Waals surface area contributed by atoms with Crippen molar-refractivity contribution >= 4 is 34.8 Å². The topological polar surface area (TPSA) is 75.1 Å². The van der Waals surface area contributed by atoms with Crippen molar-refractivity contribution in [3.8, 4) is 11.4 Å². The van der Waals surface area contributed by atoms with E-state index in [0.29, 0.717) is 27.2 Å². The van der Waals surface area contributed by atoms with Gasteiger partial charge in [-0.15, -0.1) is 10.2 Å². The van der Waals surface area contributed by atoms with Crippen molar-refractivity contribution in [3.63, 3.8) is 0 Å². The number of carbonyl (C=O) groups excluding carboxylic acids is 1. The number of benzene rings is 3. The summed E-state index contributed by atoms with van der Waals surface area (Å²) in [6, 6.07) is 26.6. The van der Waals surface area contributed by atoms with Crippen LogP contribution in [0.5, 0.6) is 0 Å². The lowest BCUT2D eigenvalue weighted by atomic mass is 9.84. The molecular formula is C25H19Cl2N5O. The number of fused-ring (bicyclic) bond motifs is 1. The van der Waals surface area contributed by atoms with E-state index in [2.05, 4.69) is 20.6 Å². The highest BCUT2D eigenvalue weighted by molar-refractivity contribution is 6.42. The summed E-state index contributed by atoms with van der Waals surface area (Å²) in [6.45, 7) is 1.99. The van der Waals surface area contributed by atoms with Gasteiger partial charge in [0.2, 0.25) is 0 Å². The van der Waals surface area contributed by atoms with Crippen LogP contribution in [0, 0.1) is 0 Å². The molecule has 0 aliphatic carbocycles. The van der Waals surface area contributed by atoms with Crippen molar-refractivity contribution in [1.29, 1.82) is 0 Å². The molecule has 0 unspecified atom stereocenters. The maximum Gasteiger partial charge on any atom is 0.270 e. The fourth-order valence-electron chi connectivity index (χ4n) is 3.87. The number of rotatable bonds is 5. The number of aromatic nitrogens is 4. The molecule has 164 valence electrons. The first kappa shape index (κ1) is 21.2. The van der Waals surface area contributed by atoms with Crippen LogP contribution in [-0.2, 0) is 5.54 Å². The molecule has 6 nitrogen and oxygen atoms in total. The molecular weight excluding hydrogens is 457 g/mol. The Morgan fingerprint density at radius 1 is 0.879 bits per heavy atom. The summed E-state index contributed by atoms with van der Waals surface area (Å²) >= 11 is 12.2. The molecule has 2 aromatic heterocycles. The third-order valence-electron chi connectivity index (χ3n) is 5.68. The minimum Gasteiger partial charge on any atom is -0.337 e. The first-order valence-corrected chi connectivity index (χ1v) is 11.0. The zero-order valence-corrected chi connectivity index (χ0v) is 19.1. The SMILES string of the molecule is CC(NC(=O)c1cc2nnc(-c3ccc(Cl)c(Cl)c3)n2[nH]1)(c1ccccc1)c1ccccc1. The van der Waals surface area contributed by atoms with Gasteiger partial charge in [0.25, 0.3) is 5.91 Å². The fourth-order valence-corrected chi connectivity index (χ4v) is 4.17. The Bertz CT molecular complexity index is 1400. The van der Waals surface area contributed by atoms with E-state index in [1.165, 1.54) is 0 Å². The Hall–Kier alpha value is -3.61. The van der Waals surface area contributed by atoms with Crippen molar-refractivity contribution in [2.24, 2.45) is 0 Å². The van der Waals surface area contributed by atoms with Gasteiger partial charge in [0, 0.05) is 11.6 Å². The number of halogens is 2. The fraction of sp³-hybridized carbons (Fsp3) is 0.0800. The van der Waals surface area contributed by atoms with Crippen molar-refractivity contribution < 1.29 is 4.79 Å². The Kier molecular flexibility index (Phi) is 5.40. The number of hydrogen-bond donors (Lipinski definition) is 2. The van der Waals surface area contributed by atoms with Crippen molar-refractivity contribution in [1.82, 2.24) is 25.1 Å². The zero-order chi connectivity index (χ0) is 23.0. The van der Waals surface area contributed by atoms with Crippen LogP contribution in [0.1, 0.15) is 28.5 Å². The number of aromatic amines is 1. The third-order valence-corrected chi connectivity index (χ3v) is 6.42. The number of hydrogen-bond acceptors (Lipinski definition) is 3. The normalized spacial score (nSPS) is 11.6. The smallest absolute Gasteiger partial charge is 0.270 e. The quantitative estimate of drug-likeness (QED) is 0.341. The predicted molar refractivity (Wildman–Crippen MR) is 130 cm³/mol. The van der Waals surface area contributed by atoms with Gasteiger partial charge in [-0.3, -0.25) is 9.89 Å². The van der Waals surface area contributed by atoms with Crippen LogP contribution in [-0.4, -0.2) is 25.7 Å². The van der Waals surface area contributed by atoms with E-state index in [1.54, 1.807) is 28.8 Å². The van der Waals surface area contributed by atoms with E-state index in [4.69, 9.17) is 23.2 Å². The standard InChI is InChI=1S/C25H19Cl2N5O/c1-25(17-8-4-2-5-9-17,18-10-6-3-7-11-18)28-24(33)21-15-22-29-30-23(32(22)31-21)16-12-13-19(26)20(27)14-16/h2-15,31H,1H3,(H,28,33). The Morgan fingerprint density at radius 2 is 1.52 bits per heavy atom. The maximum atomic E-state index is 13.4. The molecule has 5 aromatic rings.